The lowest BCUT2D eigenvalue weighted by molar-refractivity contribution is -0.151. The third-order valence-corrected chi connectivity index (χ3v) is 7.30. The second-order valence-electron chi connectivity index (χ2n) is 9.54. The van der Waals surface area contributed by atoms with Gasteiger partial charge in [0.25, 0.3) is 5.91 Å². The van der Waals surface area contributed by atoms with Crippen molar-refractivity contribution in [1.29, 1.82) is 0 Å². The topological polar surface area (TPSA) is 92.4 Å². The molecule has 8 nitrogen and oxygen atoms in total. The minimum atomic E-state index is -4.46. The molecule has 0 aromatic heterocycles. The Morgan fingerprint density at radius 3 is 2.68 bits per heavy atom. The first kappa shape index (κ1) is 27.2. The first-order valence-corrected chi connectivity index (χ1v) is 12.5. The summed E-state index contributed by atoms with van der Waals surface area (Å²) in [5.41, 5.74) is 5.75. The number of ether oxygens (including phenoxy) is 2. The van der Waals surface area contributed by atoms with Gasteiger partial charge in [0, 0.05) is 55.3 Å². The number of nitrogens with two attached hydrogens (primary N) is 1. The summed E-state index contributed by atoms with van der Waals surface area (Å²) in [7, 11) is 0. The molecule has 1 aromatic carbocycles. The lowest BCUT2D eigenvalue weighted by atomic mass is 9.95. The molecule has 3 aliphatic rings. The Morgan fingerprint density at radius 1 is 1.22 bits per heavy atom. The number of likely N-dealkylation sites (tertiary alicyclic amines) is 1. The summed E-state index contributed by atoms with van der Waals surface area (Å²) in [5.74, 6) is -0.282. The third-order valence-electron chi connectivity index (χ3n) is 7.30. The number of hydrogen-bond acceptors (Lipinski definition) is 6. The van der Waals surface area contributed by atoms with Gasteiger partial charge < -0.3 is 25.4 Å². The maximum Gasteiger partial charge on any atom is 0.416 e. The number of aliphatic imine (C=N–C) groups is 1. The number of halogens is 3. The number of allylic oxidation sites excluding steroid dienone is 1. The quantitative estimate of drug-likeness (QED) is 0.258. The van der Waals surface area contributed by atoms with Crippen LogP contribution in [0, 0.1) is 0 Å². The number of rotatable bonds is 6. The SMILES string of the molecule is C=C(Nc1cccc(C(F)(F)F)c1)/C(C)=C(\N=C/N)C(=O)N1CCC(N2CCO[C@H]3COCC[C@H]32)CC1. The Labute approximate surface area is 215 Å². The van der Waals surface area contributed by atoms with E-state index in [0.29, 0.717) is 44.0 Å². The summed E-state index contributed by atoms with van der Waals surface area (Å²) in [6.45, 7) is 9.63. The fourth-order valence-electron chi connectivity index (χ4n) is 5.29. The molecule has 3 saturated heterocycles. The molecule has 3 N–H and O–H groups in total. The van der Waals surface area contributed by atoms with E-state index in [1.165, 1.54) is 12.1 Å². The zero-order valence-electron chi connectivity index (χ0n) is 21.0. The van der Waals surface area contributed by atoms with E-state index in [0.717, 1.165) is 50.9 Å². The number of morpholine rings is 1. The highest BCUT2D eigenvalue weighted by Crippen LogP contribution is 2.32. The molecule has 0 bridgehead atoms. The van der Waals surface area contributed by atoms with Gasteiger partial charge in [0.05, 0.1) is 31.2 Å². The van der Waals surface area contributed by atoms with Crippen molar-refractivity contribution in [2.75, 3.05) is 44.8 Å². The van der Waals surface area contributed by atoms with Crippen LogP contribution in [-0.4, -0.2) is 79.7 Å². The number of anilines is 1. The van der Waals surface area contributed by atoms with Crippen LogP contribution in [0.5, 0.6) is 0 Å². The van der Waals surface area contributed by atoms with E-state index < -0.39 is 11.7 Å². The Morgan fingerprint density at radius 2 is 1.97 bits per heavy atom. The minimum Gasteiger partial charge on any atom is -0.390 e. The number of fused-ring (bicyclic) bond motifs is 1. The van der Waals surface area contributed by atoms with Crippen LogP contribution in [0.4, 0.5) is 18.9 Å². The molecule has 4 rings (SSSR count). The van der Waals surface area contributed by atoms with Crippen LogP contribution in [0.25, 0.3) is 0 Å². The predicted octanol–water partition coefficient (Wildman–Crippen LogP) is 3.37. The lowest BCUT2D eigenvalue weighted by Crippen LogP contribution is -2.60. The Kier molecular flexibility index (Phi) is 8.56. The number of benzene rings is 1. The van der Waals surface area contributed by atoms with Crippen LogP contribution in [-0.2, 0) is 20.4 Å². The minimum absolute atomic E-state index is 0.105. The average molecular weight is 522 g/mol. The molecule has 11 heteroatoms. The number of nitrogens with one attached hydrogen (secondary N) is 1. The number of piperidine rings is 1. The van der Waals surface area contributed by atoms with Gasteiger partial charge in [-0.2, -0.15) is 13.2 Å². The molecule has 0 saturated carbocycles. The summed E-state index contributed by atoms with van der Waals surface area (Å²) in [5, 5.41) is 2.86. The Balaban J connectivity index is 1.42. The monoisotopic (exact) mass is 521 g/mol. The van der Waals surface area contributed by atoms with Crippen LogP contribution in [0.15, 0.2) is 52.8 Å². The summed E-state index contributed by atoms with van der Waals surface area (Å²) < 4.78 is 50.7. The highest BCUT2D eigenvalue weighted by molar-refractivity contribution is 5.96. The van der Waals surface area contributed by atoms with Gasteiger partial charge in [0.2, 0.25) is 0 Å². The third kappa shape index (κ3) is 6.34. The molecular weight excluding hydrogens is 487 g/mol. The van der Waals surface area contributed by atoms with Crippen molar-refractivity contribution in [2.24, 2.45) is 10.7 Å². The molecule has 1 amide bonds. The molecule has 2 atom stereocenters. The van der Waals surface area contributed by atoms with Crippen LogP contribution >= 0.6 is 0 Å². The predicted molar refractivity (Wildman–Crippen MR) is 135 cm³/mol. The smallest absolute Gasteiger partial charge is 0.390 e. The molecule has 37 heavy (non-hydrogen) atoms. The summed E-state index contributed by atoms with van der Waals surface area (Å²) >= 11 is 0. The van der Waals surface area contributed by atoms with Gasteiger partial charge >= 0.3 is 6.18 Å². The highest BCUT2D eigenvalue weighted by Gasteiger charge is 2.39. The van der Waals surface area contributed by atoms with Crippen LogP contribution in [0.1, 0.15) is 31.7 Å². The van der Waals surface area contributed by atoms with Gasteiger partial charge in [0.15, 0.2) is 0 Å². The van der Waals surface area contributed by atoms with Gasteiger partial charge in [-0.25, -0.2) is 4.99 Å². The Bertz CT molecular complexity index is 1050. The van der Waals surface area contributed by atoms with Crippen LogP contribution in [0.3, 0.4) is 0 Å². The number of nitrogens with zero attached hydrogens (tertiary/aromatic N) is 3. The molecule has 0 unspecified atom stereocenters. The second-order valence-corrected chi connectivity index (χ2v) is 9.54. The highest BCUT2D eigenvalue weighted by atomic mass is 19.4. The van der Waals surface area contributed by atoms with Crippen molar-refractivity contribution in [1.82, 2.24) is 9.80 Å². The van der Waals surface area contributed by atoms with Gasteiger partial charge in [0.1, 0.15) is 5.70 Å². The lowest BCUT2D eigenvalue weighted by Gasteiger charge is -2.49. The molecular formula is C26H34F3N5O3. The largest absolute Gasteiger partial charge is 0.416 e. The van der Waals surface area contributed by atoms with Crippen molar-refractivity contribution >= 4 is 17.9 Å². The molecule has 1 aromatic rings. The molecule has 3 fully saturated rings. The number of carbonyl (C=O) groups is 1. The fraction of sp³-hybridized carbons (Fsp3) is 0.538. The van der Waals surface area contributed by atoms with E-state index in [2.05, 4.69) is 21.8 Å². The van der Waals surface area contributed by atoms with Crippen LogP contribution < -0.4 is 11.1 Å². The standard InChI is InChI=1S/C26H34F3N5O3/c1-17(18(2)32-20-5-3-4-19(14-20)26(27,28)29)24(31-16-30)25(35)33-9-6-21(7-10-33)34-11-13-37-23-15-36-12-8-22(23)34/h3-5,14,16,21-23,32H,2,6-13,15H2,1H3,(H2,30,31)/b24-17-/t22-,23+/m1/s1. The molecule has 0 spiro atoms. The van der Waals surface area contributed by atoms with E-state index in [-0.39, 0.29) is 29.1 Å². The summed E-state index contributed by atoms with van der Waals surface area (Å²) in [6, 6.07) is 5.50. The first-order chi connectivity index (χ1) is 17.7. The molecule has 3 heterocycles. The summed E-state index contributed by atoms with van der Waals surface area (Å²) in [6.07, 6.45) is -0.708. The number of alkyl halides is 3. The summed E-state index contributed by atoms with van der Waals surface area (Å²) in [4.78, 5) is 21.8. The van der Waals surface area contributed by atoms with Crippen LogP contribution in [0.2, 0.25) is 0 Å². The Hall–Kier alpha value is -2.89. The van der Waals surface area contributed by atoms with Crippen molar-refractivity contribution in [3.63, 3.8) is 0 Å². The van der Waals surface area contributed by atoms with E-state index >= 15 is 0 Å². The van der Waals surface area contributed by atoms with Gasteiger partial charge in [-0.3, -0.25) is 9.69 Å². The van der Waals surface area contributed by atoms with Crippen molar-refractivity contribution in [3.8, 4) is 0 Å². The van der Waals surface area contributed by atoms with Crippen molar-refractivity contribution in [2.45, 2.75) is 50.6 Å². The van der Waals surface area contributed by atoms with Gasteiger partial charge in [-0.1, -0.05) is 12.6 Å². The van der Waals surface area contributed by atoms with Crippen molar-refractivity contribution < 1.29 is 27.4 Å². The maximum absolute atomic E-state index is 13.4. The number of hydrogen-bond donors (Lipinski definition) is 2. The van der Waals surface area contributed by atoms with E-state index in [1.54, 1.807) is 11.8 Å². The zero-order valence-corrected chi connectivity index (χ0v) is 21.0. The zero-order chi connectivity index (χ0) is 26.6. The van der Waals surface area contributed by atoms with Gasteiger partial charge in [-0.05, 0) is 44.4 Å². The van der Waals surface area contributed by atoms with E-state index in [1.807, 2.05) is 0 Å². The van der Waals surface area contributed by atoms with E-state index in [4.69, 9.17) is 15.2 Å². The van der Waals surface area contributed by atoms with E-state index in [9.17, 15) is 18.0 Å². The molecule has 3 aliphatic heterocycles. The normalized spacial score (nSPS) is 24.5. The molecule has 0 radical (unpaired) electrons. The number of amides is 1. The molecule has 202 valence electrons. The second kappa shape index (κ2) is 11.7. The fourth-order valence-corrected chi connectivity index (χ4v) is 5.29. The van der Waals surface area contributed by atoms with Crippen molar-refractivity contribution in [3.05, 3.63) is 53.4 Å². The number of carbonyl (C=O) groups excluding carboxylic acids is 1. The first-order valence-electron chi connectivity index (χ1n) is 12.5. The average Bonchev–Trinajstić information content (AvgIpc) is 2.90. The molecule has 0 aliphatic carbocycles. The van der Waals surface area contributed by atoms with Gasteiger partial charge in [-0.15, -0.1) is 0 Å². The maximum atomic E-state index is 13.4.